The van der Waals surface area contributed by atoms with Gasteiger partial charge in [-0.05, 0) is 75.2 Å². The number of piperazine rings is 1. The van der Waals surface area contributed by atoms with Gasteiger partial charge in [0.2, 0.25) is 0 Å². The van der Waals surface area contributed by atoms with Crippen molar-refractivity contribution in [2.24, 2.45) is 0 Å². The number of nitrogens with one attached hydrogen (secondary N) is 4. The number of benzene rings is 2. The first kappa shape index (κ1) is 25.5. The monoisotopic (exact) mass is 466 g/mol. The van der Waals surface area contributed by atoms with Crippen molar-refractivity contribution in [1.82, 2.24) is 20.4 Å². The van der Waals surface area contributed by atoms with Gasteiger partial charge in [0.25, 0.3) is 0 Å². The molecule has 0 bridgehead atoms. The lowest BCUT2D eigenvalue weighted by Gasteiger charge is -2.34. The summed E-state index contributed by atoms with van der Waals surface area (Å²) in [5.41, 5.74) is 3.88. The van der Waals surface area contributed by atoms with E-state index in [0.29, 0.717) is 13.1 Å². The Bertz CT molecular complexity index is 852. The van der Waals surface area contributed by atoms with Crippen LogP contribution in [0, 0.1) is 13.8 Å². The average molecular weight is 467 g/mol. The highest BCUT2D eigenvalue weighted by atomic mass is 16.2. The molecule has 1 saturated heterocycles. The minimum absolute atomic E-state index is 0.156. The maximum atomic E-state index is 12.0. The molecule has 0 radical (unpaired) electrons. The largest absolute Gasteiger partial charge is 0.338 e. The quantitative estimate of drug-likeness (QED) is 0.403. The molecule has 1 fully saturated rings. The smallest absolute Gasteiger partial charge is 0.319 e. The molecule has 0 spiro atoms. The number of hydrogen-bond acceptors (Lipinski definition) is 4. The molecule has 8 heteroatoms. The predicted octanol–water partition coefficient (Wildman–Crippen LogP) is 3.64. The Morgan fingerprint density at radius 3 is 1.50 bits per heavy atom. The summed E-state index contributed by atoms with van der Waals surface area (Å²) in [6.45, 7) is 11.5. The van der Waals surface area contributed by atoms with Crippen molar-refractivity contribution in [3.05, 3.63) is 59.7 Å². The van der Waals surface area contributed by atoms with Gasteiger partial charge in [-0.3, -0.25) is 0 Å². The van der Waals surface area contributed by atoms with E-state index in [1.807, 2.05) is 62.4 Å². The number of aryl methyl sites for hydroxylation is 2. The van der Waals surface area contributed by atoms with Crippen molar-refractivity contribution in [3.8, 4) is 0 Å². The number of rotatable bonds is 10. The zero-order valence-corrected chi connectivity index (χ0v) is 20.4. The summed E-state index contributed by atoms with van der Waals surface area (Å²) < 4.78 is 0. The third kappa shape index (κ3) is 9.41. The fourth-order valence-electron chi connectivity index (χ4n) is 4.04. The molecule has 34 heavy (non-hydrogen) atoms. The second-order valence-corrected chi connectivity index (χ2v) is 8.89. The number of amides is 4. The maximum Gasteiger partial charge on any atom is 0.319 e. The topological polar surface area (TPSA) is 88.7 Å². The number of nitrogens with zero attached hydrogens (tertiary/aromatic N) is 2. The van der Waals surface area contributed by atoms with Crippen LogP contribution in [0.2, 0.25) is 0 Å². The minimum atomic E-state index is -0.156. The van der Waals surface area contributed by atoms with Gasteiger partial charge in [0, 0.05) is 50.6 Å². The second kappa shape index (κ2) is 13.6. The van der Waals surface area contributed by atoms with Gasteiger partial charge in [-0.15, -0.1) is 0 Å². The number of carbonyl (C=O) groups is 2. The maximum absolute atomic E-state index is 12.0. The van der Waals surface area contributed by atoms with Crippen molar-refractivity contribution < 1.29 is 9.59 Å². The van der Waals surface area contributed by atoms with E-state index in [2.05, 4.69) is 31.1 Å². The molecule has 0 saturated carbocycles. The van der Waals surface area contributed by atoms with Crippen LogP contribution in [0.15, 0.2) is 48.5 Å². The van der Waals surface area contributed by atoms with E-state index in [-0.39, 0.29) is 12.1 Å². The molecule has 2 aromatic rings. The molecular weight excluding hydrogens is 428 g/mol. The predicted molar refractivity (Wildman–Crippen MR) is 139 cm³/mol. The average Bonchev–Trinajstić information content (AvgIpc) is 2.80. The van der Waals surface area contributed by atoms with Crippen LogP contribution in [0.3, 0.4) is 0 Å². The number of anilines is 2. The van der Waals surface area contributed by atoms with Crippen LogP contribution in [-0.2, 0) is 0 Å². The zero-order chi connectivity index (χ0) is 24.2. The molecule has 0 unspecified atom stereocenters. The van der Waals surface area contributed by atoms with Crippen molar-refractivity contribution in [2.75, 3.05) is 63.0 Å². The van der Waals surface area contributed by atoms with Crippen molar-refractivity contribution in [1.29, 1.82) is 0 Å². The first-order valence-corrected chi connectivity index (χ1v) is 12.2. The number of urea groups is 2. The van der Waals surface area contributed by atoms with E-state index in [1.165, 1.54) is 0 Å². The summed E-state index contributed by atoms with van der Waals surface area (Å²) in [4.78, 5) is 28.9. The van der Waals surface area contributed by atoms with Crippen LogP contribution in [-0.4, -0.2) is 74.2 Å². The highest BCUT2D eigenvalue weighted by molar-refractivity contribution is 5.89. The molecular formula is C26H38N6O2. The normalized spacial score (nSPS) is 14.4. The Morgan fingerprint density at radius 2 is 1.12 bits per heavy atom. The van der Waals surface area contributed by atoms with Gasteiger partial charge in [0.05, 0.1) is 0 Å². The Labute approximate surface area is 203 Å². The highest BCUT2D eigenvalue weighted by Gasteiger charge is 2.16. The molecule has 184 valence electrons. The van der Waals surface area contributed by atoms with Gasteiger partial charge < -0.3 is 31.1 Å². The third-order valence-corrected chi connectivity index (χ3v) is 5.89. The van der Waals surface area contributed by atoms with E-state index in [0.717, 1.165) is 74.6 Å². The summed E-state index contributed by atoms with van der Waals surface area (Å²) in [5, 5.41) is 11.6. The molecule has 4 amide bonds. The Hall–Kier alpha value is -3.10. The summed E-state index contributed by atoms with van der Waals surface area (Å²) >= 11 is 0. The number of carbonyl (C=O) groups excluding carboxylic acids is 2. The van der Waals surface area contributed by atoms with E-state index >= 15 is 0 Å². The molecule has 0 aliphatic carbocycles. The van der Waals surface area contributed by atoms with Crippen LogP contribution >= 0.6 is 0 Å². The Morgan fingerprint density at radius 1 is 0.706 bits per heavy atom. The fraction of sp³-hybridized carbons (Fsp3) is 0.462. The molecule has 8 nitrogen and oxygen atoms in total. The molecule has 1 aliphatic heterocycles. The van der Waals surface area contributed by atoms with Crippen LogP contribution in [0.5, 0.6) is 0 Å². The van der Waals surface area contributed by atoms with Gasteiger partial charge in [-0.25, -0.2) is 9.59 Å². The van der Waals surface area contributed by atoms with Gasteiger partial charge in [-0.2, -0.15) is 0 Å². The van der Waals surface area contributed by atoms with Gasteiger partial charge in [0.15, 0.2) is 0 Å². The fourth-order valence-corrected chi connectivity index (χ4v) is 4.04. The molecule has 1 aliphatic rings. The van der Waals surface area contributed by atoms with E-state index in [4.69, 9.17) is 0 Å². The highest BCUT2D eigenvalue weighted by Crippen LogP contribution is 2.10. The Kier molecular flexibility index (Phi) is 10.2. The lowest BCUT2D eigenvalue weighted by atomic mass is 10.2. The van der Waals surface area contributed by atoms with E-state index < -0.39 is 0 Å². The molecule has 4 N–H and O–H groups in total. The second-order valence-electron chi connectivity index (χ2n) is 8.89. The van der Waals surface area contributed by atoms with Crippen molar-refractivity contribution >= 4 is 23.4 Å². The van der Waals surface area contributed by atoms with Crippen molar-refractivity contribution in [3.63, 3.8) is 0 Å². The molecule has 1 heterocycles. The van der Waals surface area contributed by atoms with Crippen LogP contribution in [0.4, 0.5) is 21.0 Å². The van der Waals surface area contributed by atoms with Crippen LogP contribution in [0.1, 0.15) is 24.0 Å². The SMILES string of the molecule is Cc1cccc(NC(=O)NCCCN2CCN(CCCNC(=O)Nc3cccc(C)c3)CC2)c1. The van der Waals surface area contributed by atoms with Crippen LogP contribution < -0.4 is 21.3 Å². The van der Waals surface area contributed by atoms with Gasteiger partial charge in [0.1, 0.15) is 0 Å². The lowest BCUT2D eigenvalue weighted by Crippen LogP contribution is -2.47. The zero-order valence-electron chi connectivity index (χ0n) is 20.4. The number of hydrogen-bond donors (Lipinski definition) is 4. The summed E-state index contributed by atoms with van der Waals surface area (Å²) in [7, 11) is 0. The molecule has 0 atom stereocenters. The van der Waals surface area contributed by atoms with E-state index in [1.54, 1.807) is 0 Å². The lowest BCUT2D eigenvalue weighted by molar-refractivity contribution is 0.130. The third-order valence-electron chi connectivity index (χ3n) is 5.89. The molecule has 3 rings (SSSR count). The summed E-state index contributed by atoms with van der Waals surface area (Å²) in [6.07, 6.45) is 1.86. The van der Waals surface area contributed by atoms with Gasteiger partial charge in [-0.1, -0.05) is 24.3 Å². The van der Waals surface area contributed by atoms with Gasteiger partial charge >= 0.3 is 12.1 Å². The van der Waals surface area contributed by atoms with Crippen molar-refractivity contribution in [2.45, 2.75) is 26.7 Å². The van der Waals surface area contributed by atoms with Crippen LogP contribution in [0.25, 0.3) is 0 Å². The first-order chi connectivity index (χ1) is 16.5. The Balaban J connectivity index is 1.19. The minimum Gasteiger partial charge on any atom is -0.338 e. The standard InChI is InChI=1S/C26H38N6O2/c1-21-7-3-9-23(19-21)29-25(33)27-11-5-13-31-15-17-32(18-16-31)14-6-12-28-26(34)30-24-10-4-8-22(2)20-24/h3-4,7-10,19-20H,5-6,11-18H2,1-2H3,(H2,27,29,33)(H2,28,30,34). The first-order valence-electron chi connectivity index (χ1n) is 12.2. The summed E-state index contributed by atoms with van der Waals surface area (Å²) in [5.74, 6) is 0. The summed E-state index contributed by atoms with van der Waals surface area (Å²) in [6, 6.07) is 15.3. The van der Waals surface area contributed by atoms with E-state index in [9.17, 15) is 9.59 Å². The molecule has 0 aromatic heterocycles. The molecule has 2 aromatic carbocycles.